The van der Waals surface area contributed by atoms with Gasteiger partial charge in [-0.2, -0.15) is 13.9 Å². The molecule has 2 aromatic carbocycles. The largest absolute Gasteiger partial charge is 0.435 e. The standard InChI is InChI=1S/C18H16F2N4O2/c1-12-22-15-4-2-3-5-16(15)24(12)11-17(25)23-21-10-13-6-8-14(9-7-13)26-18(19)20/h2-10,18H,11H2,1H3,(H,23,25)/b21-10+. The monoisotopic (exact) mass is 358 g/mol. The predicted molar refractivity (Wildman–Crippen MR) is 93.3 cm³/mol. The molecule has 0 aliphatic rings. The number of fused-ring (bicyclic) bond motifs is 1. The van der Waals surface area contributed by atoms with E-state index in [-0.39, 0.29) is 18.2 Å². The SMILES string of the molecule is Cc1nc2ccccc2n1CC(=O)N/N=C/c1ccc(OC(F)F)cc1. The van der Waals surface area contributed by atoms with E-state index in [2.05, 4.69) is 20.2 Å². The Kier molecular flexibility index (Phi) is 5.21. The van der Waals surface area contributed by atoms with E-state index in [1.54, 1.807) is 16.7 Å². The number of hydrogen-bond donors (Lipinski definition) is 1. The molecule has 0 saturated heterocycles. The number of para-hydroxylation sites is 2. The van der Waals surface area contributed by atoms with Crippen molar-refractivity contribution in [2.75, 3.05) is 0 Å². The number of aryl methyl sites for hydroxylation is 1. The van der Waals surface area contributed by atoms with E-state index in [1.165, 1.54) is 18.3 Å². The number of carbonyl (C=O) groups excluding carboxylic acids is 1. The molecule has 0 saturated carbocycles. The van der Waals surface area contributed by atoms with Crippen molar-refractivity contribution < 1.29 is 18.3 Å². The fourth-order valence-electron chi connectivity index (χ4n) is 2.49. The number of rotatable bonds is 6. The summed E-state index contributed by atoms with van der Waals surface area (Å²) in [4.78, 5) is 16.5. The summed E-state index contributed by atoms with van der Waals surface area (Å²) in [6.07, 6.45) is 1.42. The lowest BCUT2D eigenvalue weighted by Gasteiger charge is -2.05. The molecule has 0 radical (unpaired) electrons. The summed E-state index contributed by atoms with van der Waals surface area (Å²) < 4.78 is 30.2. The molecule has 1 N–H and O–H groups in total. The Morgan fingerprint density at radius 3 is 2.73 bits per heavy atom. The number of halogens is 2. The summed E-state index contributed by atoms with van der Waals surface area (Å²) in [5, 5.41) is 3.88. The number of carbonyl (C=O) groups is 1. The lowest BCUT2D eigenvalue weighted by atomic mass is 10.2. The van der Waals surface area contributed by atoms with Gasteiger partial charge in [-0.1, -0.05) is 12.1 Å². The first kappa shape index (κ1) is 17.5. The zero-order valence-electron chi connectivity index (χ0n) is 13.9. The van der Waals surface area contributed by atoms with Crippen LogP contribution in [0.5, 0.6) is 5.75 Å². The van der Waals surface area contributed by atoms with E-state index in [0.29, 0.717) is 5.56 Å². The first-order valence-electron chi connectivity index (χ1n) is 7.81. The van der Waals surface area contributed by atoms with Gasteiger partial charge in [0.15, 0.2) is 0 Å². The van der Waals surface area contributed by atoms with E-state index in [0.717, 1.165) is 16.9 Å². The van der Waals surface area contributed by atoms with Gasteiger partial charge in [-0.25, -0.2) is 10.4 Å². The van der Waals surface area contributed by atoms with Crippen LogP contribution >= 0.6 is 0 Å². The van der Waals surface area contributed by atoms with Crippen LogP contribution < -0.4 is 10.2 Å². The molecule has 3 rings (SSSR count). The Bertz CT molecular complexity index is 936. The molecule has 1 amide bonds. The number of ether oxygens (including phenoxy) is 1. The van der Waals surface area contributed by atoms with Gasteiger partial charge in [0.25, 0.3) is 5.91 Å². The zero-order valence-corrected chi connectivity index (χ0v) is 13.9. The fourth-order valence-corrected chi connectivity index (χ4v) is 2.49. The minimum atomic E-state index is -2.86. The second-order valence-corrected chi connectivity index (χ2v) is 5.47. The predicted octanol–water partition coefficient (Wildman–Crippen LogP) is 3.10. The maximum Gasteiger partial charge on any atom is 0.387 e. The maximum atomic E-state index is 12.1. The topological polar surface area (TPSA) is 68.5 Å². The Labute approximate surface area is 148 Å². The van der Waals surface area contributed by atoms with Crippen LogP contribution in [-0.4, -0.2) is 28.3 Å². The highest BCUT2D eigenvalue weighted by Gasteiger charge is 2.10. The summed E-state index contributed by atoms with van der Waals surface area (Å²) in [6, 6.07) is 13.5. The number of imidazole rings is 1. The number of nitrogens with one attached hydrogen (secondary N) is 1. The normalized spacial score (nSPS) is 11.4. The third-order valence-electron chi connectivity index (χ3n) is 3.66. The van der Waals surface area contributed by atoms with Crippen molar-refractivity contribution in [1.29, 1.82) is 0 Å². The van der Waals surface area contributed by atoms with Crippen molar-refractivity contribution in [1.82, 2.24) is 15.0 Å². The van der Waals surface area contributed by atoms with E-state index in [1.807, 2.05) is 31.2 Å². The van der Waals surface area contributed by atoms with Crippen molar-refractivity contribution in [2.24, 2.45) is 5.10 Å². The molecule has 0 spiro atoms. The molecule has 0 atom stereocenters. The Hall–Kier alpha value is -3.29. The van der Waals surface area contributed by atoms with Gasteiger partial charge in [-0.3, -0.25) is 4.79 Å². The first-order chi connectivity index (χ1) is 12.5. The summed E-state index contributed by atoms with van der Waals surface area (Å²) in [7, 11) is 0. The van der Waals surface area contributed by atoms with Crippen LogP contribution in [0.15, 0.2) is 53.6 Å². The van der Waals surface area contributed by atoms with Crippen LogP contribution in [0.25, 0.3) is 11.0 Å². The molecule has 1 aromatic heterocycles. The van der Waals surface area contributed by atoms with Gasteiger partial charge in [0, 0.05) is 0 Å². The third-order valence-corrected chi connectivity index (χ3v) is 3.66. The Morgan fingerprint density at radius 1 is 1.27 bits per heavy atom. The number of benzene rings is 2. The van der Waals surface area contributed by atoms with Gasteiger partial charge in [0.1, 0.15) is 18.1 Å². The quantitative estimate of drug-likeness (QED) is 0.544. The van der Waals surface area contributed by atoms with Crippen LogP contribution in [0.1, 0.15) is 11.4 Å². The maximum absolute atomic E-state index is 12.1. The summed E-state index contributed by atoms with van der Waals surface area (Å²) in [6.45, 7) is -0.943. The lowest BCUT2D eigenvalue weighted by Crippen LogP contribution is -2.23. The van der Waals surface area contributed by atoms with Crippen molar-refractivity contribution in [3.8, 4) is 5.75 Å². The lowest BCUT2D eigenvalue weighted by molar-refractivity contribution is -0.121. The molecule has 6 nitrogen and oxygen atoms in total. The molecule has 1 heterocycles. The molecule has 26 heavy (non-hydrogen) atoms. The van der Waals surface area contributed by atoms with Gasteiger partial charge in [-0.15, -0.1) is 0 Å². The van der Waals surface area contributed by atoms with Crippen molar-refractivity contribution in [3.05, 3.63) is 59.9 Å². The van der Waals surface area contributed by atoms with Gasteiger partial charge in [-0.05, 0) is 48.9 Å². The zero-order chi connectivity index (χ0) is 18.5. The van der Waals surface area contributed by atoms with E-state index < -0.39 is 6.61 Å². The van der Waals surface area contributed by atoms with Gasteiger partial charge in [0.2, 0.25) is 0 Å². The molecule has 0 unspecified atom stereocenters. The Balaban J connectivity index is 1.60. The molecule has 0 bridgehead atoms. The second-order valence-electron chi connectivity index (χ2n) is 5.47. The summed E-state index contributed by atoms with van der Waals surface area (Å²) in [5.41, 5.74) is 4.77. The van der Waals surface area contributed by atoms with Crippen molar-refractivity contribution >= 4 is 23.2 Å². The highest BCUT2D eigenvalue weighted by atomic mass is 19.3. The molecule has 3 aromatic rings. The van der Waals surface area contributed by atoms with Crippen LogP contribution in [0.4, 0.5) is 8.78 Å². The van der Waals surface area contributed by atoms with Gasteiger partial charge >= 0.3 is 6.61 Å². The van der Waals surface area contributed by atoms with Crippen LogP contribution in [-0.2, 0) is 11.3 Å². The highest BCUT2D eigenvalue weighted by molar-refractivity contribution is 5.84. The van der Waals surface area contributed by atoms with Gasteiger partial charge in [0.05, 0.1) is 17.2 Å². The first-order valence-corrected chi connectivity index (χ1v) is 7.81. The number of amides is 1. The number of hydrogen-bond acceptors (Lipinski definition) is 4. The molecule has 134 valence electrons. The third kappa shape index (κ3) is 4.21. The van der Waals surface area contributed by atoms with Crippen molar-refractivity contribution in [2.45, 2.75) is 20.1 Å². The van der Waals surface area contributed by atoms with Crippen LogP contribution in [0, 0.1) is 6.92 Å². The van der Waals surface area contributed by atoms with Crippen LogP contribution in [0.3, 0.4) is 0 Å². The molecular weight excluding hydrogens is 342 g/mol. The molecular formula is C18H16F2N4O2. The van der Waals surface area contributed by atoms with E-state index in [9.17, 15) is 13.6 Å². The molecule has 0 aliphatic carbocycles. The second kappa shape index (κ2) is 7.73. The smallest absolute Gasteiger partial charge is 0.387 e. The number of alkyl halides is 2. The number of aromatic nitrogens is 2. The van der Waals surface area contributed by atoms with E-state index >= 15 is 0 Å². The average molecular weight is 358 g/mol. The highest BCUT2D eigenvalue weighted by Crippen LogP contribution is 2.15. The summed E-state index contributed by atoms with van der Waals surface area (Å²) >= 11 is 0. The number of hydrazone groups is 1. The molecule has 0 fully saturated rings. The number of nitrogens with zero attached hydrogens (tertiary/aromatic N) is 3. The fraction of sp³-hybridized carbons (Fsp3) is 0.167. The Morgan fingerprint density at radius 2 is 2.00 bits per heavy atom. The summed E-state index contributed by atoms with van der Waals surface area (Å²) in [5.74, 6) is 0.494. The minimum Gasteiger partial charge on any atom is -0.435 e. The molecule has 0 aliphatic heterocycles. The molecule has 8 heteroatoms. The minimum absolute atomic E-state index is 0.0589. The van der Waals surface area contributed by atoms with Gasteiger partial charge < -0.3 is 9.30 Å². The van der Waals surface area contributed by atoms with Crippen molar-refractivity contribution in [3.63, 3.8) is 0 Å². The van der Waals surface area contributed by atoms with E-state index in [4.69, 9.17) is 0 Å². The van der Waals surface area contributed by atoms with Crippen LogP contribution in [0.2, 0.25) is 0 Å². The average Bonchev–Trinajstić information content (AvgIpc) is 2.92.